The van der Waals surface area contributed by atoms with Crippen LogP contribution >= 0.6 is 11.8 Å². The SMILES string of the molecule is NC1=NC(=O)[C@@H](CC(=O)Nc2ccc(C(=O)OCC(=O)c3ccc(F)cc3)cc2)S1. The summed E-state index contributed by atoms with van der Waals surface area (Å²) >= 11 is 1.04. The number of esters is 1. The summed E-state index contributed by atoms with van der Waals surface area (Å²) in [7, 11) is 0. The van der Waals surface area contributed by atoms with Crippen molar-refractivity contribution < 1.29 is 28.3 Å². The molecule has 2 aromatic carbocycles. The van der Waals surface area contributed by atoms with E-state index >= 15 is 0 Å². The largest absolute Gasteiger partial charge is 0.454 e. The fraction of sp³-hybridized carbons (Fsp3) is 0.150. The maximum Gasteiger partial charge on any atom is 0.338 e. The molecule has 0 unspecified atom stereocenters. The zero-order chi connectivity index (χ0) is 21.7. The molecule has 0 aliphatic carbocycles. The van der Waals surface area contributed by atoms with Gasteiger partial charge >= 0.3 is 5.97 Å². The fourth-order valence-electron chi connectivity index (χ4n) is 2.54. The quantitative estimate of drug-likeness (QED) is 0.510. The van der Waals surface area contributed by atoms with E-state index in [-0.39, 0.29) is 22.7 Å². The number of ketones is 1. The Hall–Kier alpha value is -3.53. The lowest BCUT2D eigenvalue weighted by molar-refractivity contribution is -0.121. The molecule has 0 fully saturated rings. The number of hydrogen-bond acceptors (Lipinski definition) is 7. The van der Waals surface area contributed by atoms with Crippen molar-refractivity contribution in [1.29, 1.82) is 0 Å². The first kappa shape index (κ1) is 21.2. The van der Waals surface area contributed by atoms with E-state index < -0.39 is 41.2 Å². The number of amidine groups is 1. The van der Waals surface area contributed by atoms with Crippen LogP contribution in [0.5, 0.6) is 0 Å². The molecular weight excluding hydrogens is 413 g/mol. The van der Waals surface area contributed by atoms with Gasteiger partial charge in [-0.05, 0) is 48.5 Å². The molecule has 0 aromatic heterocycles. The molecule has 2 aromatic rings. The van der Waals surface area contributed by atoms with Crippen molar-refractivity contribution in [1.82, 2.24) is 0 Å². The average molecular weight is 429 g/mol. The van der Waals surface area contributed by atoms with Gasteiger partial charge in [0.1, 0.15) is 11.1 Å². The summed E-state index contributed by atoms with van der Waals surface area (Å²) in [6.45, 7) is -0.485. The Kier molecular flexibility index (Phi) is 6.58. The number of thioether (sulfide) groups is 1. The molecule has 0 radical (unpaired) electrons. The monoisotopic (exact) mass is 429 g/mol. The van der Waals surface area contributed by atoms with E-state index in [4.69, 9.17) is 10.5 Å². The summed E-state index contributed by atoms with van der Waals surface area (Å²) in [5.41, 5.74) is 6.28. The van der Waals surface area contributed by atoms with Crippen LogP contribution in [0.25, 0.3) is 0 Å². The van der Waals surface area contributed by atoms with Crippen LogP contribution in [-0.2, 0) is 14.3 Å². The van der Waals surface area contributed by atoms with Crippen LogP contribution in [0.1, 0.15) is 27.1 Å². The molecule has 3 N–H and O–H groups in total. The standard InChI is InChI=1S/C20H16FN3O5S/c21-13-5-1-11(2-6-13)15(25)10-29-19(28)12-3-7-14(8-4-12)23-17(26)9-16-18(27)24-20(22)30-16/h1-8,16H,9-10H2,(H,23,26)(H2,22,24,27)/t16-/m1/s1. The maximum absolute atomic E-state index is 12.9. The number of nitrogens with one attached hydrogen (secondary N) is 1. The minimum atomic E-state index is -0.719. The first-order valence-electron chi connectivity index (χ1n) is 8.72. The summed E-state index contributed by atoms with van der Waals surface area (Å²) in [6, 6.07) is 10.7. The lowest BCUT2D eigenvalue weighted by Crippen LogP contribution is -2.21. The Bertz CT molecular complexity index is 1020. The Morgan fingerprint density at radius 2 is 1.70 bits per heavy atom. The zero-order valence-electron chi connectivity index (χ0n) is 15.5. The van der Waals surface area contributed by atoms with Crippen molar-refractivity contribution in [3.8, 4) is 0 Å². The third-order valence-electron chi connectivity index (χ3n) is 4.03. The normalized spacial score (nSPS) is 15.4. The molecule has 0 saturated heterocycles. The Labute approximate surface area is 174 Å². The topological polar surface area (TPSA) is 128 Å². The van der Waals surface area contributed by atoms with Crippen LogP contribution < -0.4 is 11.1 Å². The number of carbonyl (C=O) groups excluding carboxylic acids is 4. The van der Waals surface area contributed by atoms with Crippen molar-refractivity contribution in [2.75, 3.05) is 11.9 Å². The molecule has 1 aliphatic heterocycles. The molecule has 2 amide bonds. The Morgan fingerprint density at radius 3 is 2.30 bits per heavy atom. The van der Waals surface area contributed by atoms with Gasteiger partial charge in [0.05, 0.1) is 5.56 Å². The second-order valence-electron chi connectivity index (χ2n) is 6.23. The highest BCUT2D eigenvalue weighted by molar-refractivity contribution is 8.15. The van der Waals surface area contributed by atoms with Gasteiger partial charge in [-0.3, -0.25) is 14.4 Å². The van der Waals surface area contributed by atoms with Crippen LogP contribution in [-0.4, -0.2) is 40.6 Å². The predicted octanol–water partition coefficient (Wildman–Crippen LogP) is 2.15. The molecule has 0 bridgehead atoms. The number of anilines is 1. The summed E-state index contributed by atoms with van der Waals surface area (Å²) in [4.78, 5) is 51.2. The predicted molar refractivity (Wildman–Crippen MR) is 109 cm³/mol. The van der Waals surface area contributed by atoms with Crippen LogP contribution in [0.4, 0.5) is 10.1 Å². The number of Topliss-reactive ketones (excluding diaryl/α,β-unsaturated/α-hetero) is 1. The molecule has 1 heterocycles. The third kappa shape index (κ3) is 5.51. The highest BCUT2D eigenvalue weighted by atomic mass is 32.2. The first-order chi connectivity index (χ1) is 14.3. The van der Waals surface area contributed by atoms with Gasteiger partial charge in [-0.15, -0.1) is 0 Å². The van der Waals surface area contributed by atoms with Crippen molar-refractivity contribution in [2.45, 2.75) is 11.7 Å². The first-order valence-corrected chi connectivity index (χ1v) is 9.60. The van der Waals surface area contributed by atoms with Crippen LogP contribution in [0, 0.1) is 5.82 Å². The molecule has 8 nitrogen and oxygen atoms in total. The molecule has 3 rings (SSSR count). The van der Waals surface area contributed by atoms with Gasteiger partial charge in [0.25, 0.3) is 5.91 Å². The molecule has 10 heteroatoms. The van der Waals surface area contributed by atoms with Gasteiger partial charge < -0.3 is 15.8 Å². The number of halogens is 1. The highest BCUT2D eigenvalue weighted by Gasteiger charge is 2.29. The molecule has 1 aliphatic rings. The number of nitrogens with zero attached hydrogens (tertiary/aromatic N) is 1. The number of amides is 2. The van der Waals surface area contributed by atoms with E-state index in [2.05, 4.69) is 10.3 Å². The van der Waals surface area contributed by atoms with E-state index in [1.165, 1.54) is 36.4 Å². The summed E-state index contributed by atoms with van der Waals surface area (Å²) in [5.74, 6) is -2.49. The van der Waals surface area contributed by atoms with E-state index in [0.29, 0.717) is 5.69 Å². The second kappa shape index (κ2) is 9.31. The van der Waals surface area contributed by atoms with Crippen LogP contribution in [0.15, 0.2) is 53.5 Å². The molecule has 0 saturated carbocycles. The van der Waals surface area contributed by atoms with Gasteiger partial charge in [0, 0.05) is 17.7 Å². The van der Waals surface area contributed by atoms with Crippen molar-refractivity contribution >= 4 is 46.2 Å². The molecule has 30 heavy (non-hydrogen) atoms. The van der Waals surface area contributed by atoms with Crippen LogP contribution in [0.2, 0.25) is 0 Å². The molecule has 0 spiro atoms. The molecule has 1 atom stereocenters. The summed E-state index contributed by atoms with van der Waals surface area (Å²) < 4.78 is 17.9. The van der Waals surface area contributed by atoms with E-state index in [1.54, 1.807) is 0 Å². The molecular formula is C20H16FN3O5S. The van der Waals surface area contributed by atoms with Gasteiger partial charge in [0.2, 0.25) is 5.91 Å². The number of benzene rings is 2. The maximum atomic E-state index is 12.9. The van der Waals surface area contributed by atoms with E-state index in [1.807, 2.05) is 0 Å². The summed E-state index contributed by atoms with van der Waals surface area (Å²) in [6.07, 6.45) is -0.0804. The van der Waals surface area contributed by atoms with E-state index in [9.17, 15) is 23.6 Å². The fourth-order valence-corrected chi connectivity index (χ4v) is 3.36. The van der Waals surface area contributed by atoms with Crippen molar-refractivity contribution in [3.63, 3.8) is 0 Å². The van der Waals surface area contributed by atoms with E-state index in [0.717, 1.165) is 23.9 Å². The number of aliphatic imine (C=N–C) groups is 1. The summed E-state index contributed by atoms with van der Waals surface area (Å²) in [5, 5.41) is 2.11. The van der Waals surface area contributed by atoms with Gasteiger partial charge in [-0.2, -0.15) is 4.99 Å². The van der Waals surface area contributed by atoms with Crippen LogP contribution in [0.3, 0.4) is 0 Å². The van der Waals surface area contributed by atoms with Gasteiger partial charge in [0.15, 0.2) is 17.6 Å². The molecule has 154 valence electrons. The second-order valence-corrected chi connectivity index (χ2v) is 7.45. The van der Waals surface area contributed by atoms with Gasteiger partial charge in [-0.1, -0.05) is 11.8 Å². The number of nitrogens with two attached hydrogens (primary N) is 1. The Morgan fingerprint density at radius 1 is 1.07 bits per heavy atom. The number of ether oxygens (including phenoxy) is 1. The Balaban J connectivity index is 1.49. The minimum Gasteiger partial charge on any atom is -0.454 e. The zero-order valence-corrected chi connectivity index (χ0v) is 16.3. The lowest BCUT2D eigenvalue weighted by Gasteiger charge is -2.09. The number of carbonyl (C=O) groups is 4. The lowest BCUT2D eigenvalue weighted by atomic mass is 10.1. The average Bonchev–Trinajstić information content (AvgIpc) is 3.03. The third-order valence-corrected chi connectivity index (χ3v) is 5.02. The van der Waals surface area contributed by atoms with Crippen molar-refractivity contribution in [2.24, 2.45) is 10.7 Å². The minimum absolute atomic E-state index is 0.0804. The highest BCUT2D eigenvalue weighted by Crippen LogP contribution is 2.23. The number of rotatable bonds is 7. The number of hydrogen-bond donors (Lipinski definition) is 2. The van der Waals surface area contributed by atoms with Crippen molar-refractivity contribution in [3.05, 3.63) is 65.5 Å². The van der Waals surface area contributed by atoms with Gasteiger partial charge in [-0.25, -0.2) is 9.18 Å². The smallest absolute Gasteiger partial charge is 0.338 e.